The smallest absolute Gasteiger partial charge is 0.126 e. The van der Waals surface area contributed by atoms with Crippen molar-refractivity contribution in [3.8, 4) is 0 Å². The lowest BCUT2D eigenvalue weighted by atomic mass is 9.99. The van der Waals surface area contributed by atoms with Crippen LogP contribution in [-0.4, -0.2) is 0 Å². The largest absolute Gasteiger partial charge is 0.320 e. The molecule has 0 amide bonds. The maximum Gasteiger partial charge on any atom is 0.126 e. The van der Waals surface area contributed by atoms with Gasteiger partial charge in [0, 0.05) is 4.88 Å². The Kier molecular flexibility index (Phi) is 3.66. The predicted octanol–water partition coefficient (Wildman–Crippen LogP) is 4.31. The Bertz CT molecular complexity index is 550. The summed E-state index contributed by atoms with van der Waals surface area (Å²) >= 11 is 5.12. The van der Waals surface area contributed by atoms with Gasteiger partial charge >= 0.3 is 0 Å². The Labute approximate surface area is 113 Å². The number of rotatable bonds is 2. The van der Waals surface area contributed by atoms with Gasteiger partial charge < -0.3 is 5.73 Å². The molecule has 1 aromatic heterocycles. The molecule has 17 heavy (non-hydrogen) atoms. The number of aryl methyl sites for hydroxylation is 2. The van der Waals surface area contributed by atoms with Gasteiger partial charge in [-0.1, -0.05) is 12.1 Å². The molecule has 0 bridgehead atoms. The van der Waals surface area contributed by atoms with E-state index in [2.05, 4.69) is 15.9 Å². The third-order valence-corrected chi connectivity index (χ3v) is 4.37. The summed E-state index contributed by atoms with van der Waals surface area (Å²) in [5.74, 6) is -0.191. The molecule has 0 spiro atoms. The van der Waals surface area contributed by atoms with Crippen molar-refractivity contribution in [1.82, 2.24) is 0 Å². The standard InChI is InChI=1S/C13H13BrFNS/c1-7-5-9(3-4-11(7)15)13(16)10-6-12(14)17-8(10)2/h3-6,13H,16H2,1-2H3. The van der Waals surface area contributed by atoms with Crippen LogP contribution in [0.25, 0.3) is 0 Å². The van der Waals surface area contributed by atoms with Crippen molar-refractivity contribution in [1.29, 1.82) is 0 Å². The number of hydrogen-bond donors (Lipinski definition) is 1. The molecular weight excluding hydrogens is 301 g/mol. The first-order valence-electron chi connectivity index (χ1n) is 5.26. The zero-order valence-electron chi connectivity index (χ0n) is 9.63. The maximum atomic E-state index is 13.2. The SMILES string of the molecule is Cc1cc(C(N)c2cc(Br)sc2C)ccc1F. The lowest BCUT2D eigenvalue weighted by molar-refractivity contribution is 0.617. The molecule has 2 aromatic rings. The van der Waals surface area contributed by atoms with E-state index in [-0.39, 0.29) is 11.9 Å². The molecule has 0 aliphatic heterocycles. The fourth-order valence-electron chi connectivity index (χ4n) is 1.81. The van der Waals surface area contributed by atoms with Gasteiger partial charge in [-0.15, -0.1) is 11.3 Å². The summed E-state index contributed by atoms with van der Waals surface area (Å²) in [5, 5.41) is 0. The molecule has 4 heteroatoms. The minimum Gasteiger partial charge on any atom is -0.320 e. The van der Waals surface area contributed by atoms with Crippen molar-refractivity contribution in [2.45, 2.75) is 19.9 Å². The van der Waals surface area contributed by atoms with Crippen LogP contribution in [-0.2, 0) is 0 Å². The summed E-state index contributed by atoms with van der Waals surface area (Å²) in [5.41, 5.74) is 8.87. The average Bonchev–Trinajstić information content (AvgIpc) is 2.61. The number of benzene rings is 1. The van der Waals surface area contributed by atoms with Crippen molar-refractivity contribution in [3.05, 3.63) is 55.4 Å². The van der Waals surface area contributed by atoms with E-state index in [1.807, 2.05) is 19.1 Å². The maximum absolute atomic E-state index is 13.2. The highest BCUT2D eigenvalue weighted by Gasteiger charge is 2.15. The van der Waals surface area contributed by atoms with Crippen LogP contribution in [0.4, 0.5) is 4.39 Å². The fraction of sp³-hybridized carbons (Fsp3) is 0.231. The van der Waals surface area contributed by atoms with E-state index < -0.39 is 0 Å². The molecule has 2 N–H and O–H groups in total. The normalized spacial score (nSPS) is 12.8. The Morgan fingerprint density at radius 2 is 2.00 bits per heavy atom. The Hall–Kier alpha value is -0.710. The first-order valence-corrected chi connectivity index (χ1v) is 6.87. The van der Waals surface area contributed by atoms with Crippen LogP contribution in [0.15, 0.2) is 28.1 Å². The van der Waals surface area contributed by atoms with Crippen molar-refractivity contribution >= 4 is 27.3 Å². The van der Waals surface area contributed by atoms with E-state index in [4.69, 9.17) is 5.73 Å². The first kappa shape index (κ1) is 12.7. The van der Waals surface area contributed by atoms with E-state index in [0.717, 1.165) is 14.9 Å². The second-order valence-corrected chi connectivity index (χ2v) is 6.68. The summed E-state index contributed by atoms with van der Waals surface area (Å²) < 4.78 is 14.3. The molecule has 1 atom stereocenters. The summed E-state index contributed by atoms with van der Waals surface area (Å²) in [6.45, 7) is 3.79. The minimum atomic E-state index is -0.197. The molecule has 2 rings (SSSR count). The number of nitrogens with two attached hydrogens (primary N) is 1. The minimum absolute atomic E-state index is 0.191. The first-order chi connectivity index (χ1) is 7.99. The zero-order valence-corrected chi connectivity index (χ0v) is 12.0. The third kappa shape index (κ3) is 2.59. The highest BCUT2D eigenvalue weighted by atomic mass is 79.9. The highest BCUT2D eigenvalue weighted by Crippen LogP contribution is 2.32. The second kappa shape index (κ2) is 4.88. The lowest BCUT2D eigenvalue weighted by Crippen LogP contribution is -2.12. The van der Waals surface area contributed by atoms with Crippen LogP contribution >= 0.6 is 27.3 Å². The highest BCUT2D eigenvalue weighted by molar-refractivity contribution is 9.11. The Morgan fingerprint density at radius 1 is 1.29 bits per heavy atom. The van der Waals surface area contributed by atoms with Crippen LogP contribution in [0.1, 0.15) is 27.6 Å². The van der Waals surface area contributed by atoms with E-state index in [9.17, 15) is 4.39 Å². The van der Waals surface area contributed by atoms with Gasteiger partial charge in [0.05, 0.1) is 9.83 Å². The molecule has 1 nitrogen and oxygen atoms in total. The van der Waals surface area contributed by atoms with Gasteiger partial charge in [0.1, 0.15) is 5.82 Å². The molecule has 1 heterocycles. The van der Waals surface area contributed by atoms with E-state index >= 15 is 0 Å². The molecule has 1 unspecified atom stereocenters. The molecule has 0 saturated carbocycles. The van der Waals surface area contributed by atoms with Crippen LogP contribution in [0, 0.1) is 19.7 Å². The van der Waals surface area contributed by atoms with Crippen LogP contribution in [0.3, 0.4) is 0 Å². The van der Waals surface area contributed by atoms with Crippen molar-refractivity contribution in [2.75, 3.05) is 0 Å². The molecular formula is C13H13BrFNS. The molecule has 1 aromatic carbocycles. The van der Waals surface area contributed by atoms with Crippen molar-refractivity contribution in [2.24, 2.45) is 5.73 Å². The monoisotopic (exact) mass is 313 g/mol. The average molecular weight is 314 g/mol. The van der Waals surface area contributed by atoms with Gasteiger partial charge in [0.2, 0.25) is 0 Å². The molecule has 0 radical (unpaired) electrons. The van der Waals surface area contributed by atoms with Gasteiger partial charge in [-0.3, -0.25) is 0 Å². The summed E-state index contributed by atoms with van der Waals surface area (Å²) in [6.07, 6.45) is 0. The van der Waals surface area contributed by atoms with E-state index in [0.29, 0.717) is 5.56 Å². The summed E-state index contributed by atoms with van der Waals surface area (Å²) in [4.78, 5) is 1.19. The number of halogens is 2. The van der Waals surface area contributed by atoms with E-state index in [1.54, 1.807) is 24.3 Å². The Morgan fingerprint density at radius 3 is 2.53 bits per heavy atom. The van der Waals surface area contributed by atoms with Gasteiger partial charge in [-0.2, -0.15) is 0 Å². The number of thiophene rings is 1. The second-order valence-electron chi connectivity index (χ2n) is 4.05. The van der Waals surface area contributed by atoms with Gasteiger partial charge in [-0.05, 0) is 58.6 Å². The topological polar surface area (TPSA) is 26.0 Å². The zero-order chi connectivity index (χ0) is 12.6. The van der Waals surface area contributed by atoms with Gasteiger partial charge in [0.25, 0.3) is 0 Å². The van der Waals surface area contributed by atoms with Crippen LogP contribution < -0.4 is 5.73 Å². The fourth-order valence-corrected chi connectivity index (χ4v) is 3.57. The van der Waals surface area contributed by atoms with Gasteiger partial charge in [0.15, 0.2) is 0 Å². The van der Waals surface area contributed by atoms with Crippen molar-refractivity contribution in [3.63, 3.8) is 0 Å². The van der Waals surface area contributed by atoms with Gasteiger partial charge in [-0.25, -0.2) is 4.39 Å². The quantitative estimate of drug-likeness (QED) is 0.878. The molecule has 0 fully saturated rings. The van der Waals surface area contributed by atoms with Crippen LogP contribution in [0.2, 0.25) is 0 Å². The van der Waals surface area contributed by atoms with E-state index in [1.165, 1.54) is 10.9 Å². The molecule has 0 aliphatic rings. The Balaban J connectivity index is 2.40. The summed E-state index contributed by atoms with van der Waals surface area (Å²) in [7, 11) is 0. The number of hydrogen-bond acceptors (Lipinski definition) is 2. The lowest BCUT2D eigenvalue weighted by Gasteiger charge is -2.13. The molecule has 90 valence electrons. The predicted molar refractivity (Wildman–Crippen MR) is 73.9 cm³/mol. The van der Waals surface area contributed by atoms with Crippen molar-refractivity contribution < 1.29 is 4.39 Å². The third-order valence-electron chi connectivity index (χ3n) is 2.80. The molecule has 0 aliphatic carbocycles. The molecule has 0 saturated heterocycles. The van der Waals surface area contributed by atoms with Crippen LogP contribution in [0.5, 0.6) is 0 Å². The summed E-state index contributed by atoms with van der Waals surface area (Å²) in [6, 6.07) is 6.87.